The molecule has 1 amide bonds. The van der Waals surface area contributed by atoms with Gasteiger partial charge < -0.3 is 9.64 Å². The van der Waals surface area contributed by atoms with Gasteiger partial charge in [0.15, 0.2) is 6.61 Å². The van der Waals surface area contributed by atoms with Crippen molar-refractivity contribution in [2.75, 3.05) is 23.8 Å². The van der Waals surface area contributed by atoms with Crippen LogP contribution in [0.3, 0.4) is 0 Å². The molecule has 0 fully saturated rings. The zero-order chi connectivity index (χ0) is 14.7. The van der Waals surface area contributed by atoms with Crippen molar-refractivity contribution in [3.8, 4) is 5.75 Å². The van der Waals surface area contributed by atoms with E-state index in [0.717, 1.165) is 11.4 Å². The molecule has 0 atom stereocenters. The molecule has 0 aliphatic carbocycles. The van der Waals surface area contributed by atoms with Crippen molar-refractivity contribution in [1.29, 1.82) is 0 Å². The van der Waals surface area contributed by atoms with E-state index in [1.807, 2.05) is 18.2 Å². The quantitative estimate of drug-likeness (QED) is 0.801. The monoisotopic (exact) mass is 319 g/mol. The predicted molar refractivity (Wildman–Crippen MR) is 86.5 cm³/mol. The van der Waals surface area contributed by atoms with Crippen LogP contribution in [0.15, 0.2) is 53.4 Å². The van der Waals surface area contributed by atoms with Gasteiger partial charge in [0.05, 0.1) is 5.69 Å². The molecule has 3 rings (SSSR count). The maximum atomic E-state index is 12.1. The normalized spacial score (nSPS) is 13.8. The summed E-state index contributed by atoms with van der Waals surface area (Å²) in [5, 5.41) is 0.604. The van der Waals surface area contributed by atoms with Gasteiger partial charge in [0.1, 0.15) is 5.75 Å². The zero-order valence-electron chi connectivity index (χ0n) is 11.3. The fraction of sp³-hybridized carbons (Fsp3) is 0.188. The van der Waals surface area contributed by atoms with Crippen LogP contribution in [0.5, 0.6) is 5.75 Å². The SMILES string of the molecule is O=C1COc2ccc(Cl)cc2N1CCSc1ccccc1. The molecule has 2 aromatic rings. The van der Waals surface area contributed by atoms with Crippen molar-refractivity contribution >= 4 is 35.0 Å². The maximum absolute atomic E-state index is 12.1. The van der Waals surface area contributed by atoms with E-state index in [-0.39, 0.29) is 12.5 Å². The first kappa shape index (κ1) is 14.3. The Morgan fingerprint density at radius 1 is 1.19 bits per heavy atom. The lowest BCUT2D eigenvalue weighted by molar-refractivity contribution is -0.121. The molecule has 0 N–H and O–H groups in total. The van der Waals surface area contributed by atoms with Crippen LogP contribution in [-0.2, 0) is 4.79 Å². The van der Waals surface area contributed by atoms with Crippen molar-refractivity contribution in [2.45, 2.75) is 4.90 Å². The third-order valence-corrected chi connectivity index (χ3v) is 4.42. The van der Waals surface area contributed by atoms with E-state index >= 15 is 0 Å². The average molecular weight is 320 g/mol. The molecule has 2 aromatic carbocycles. The fourth-order valence-electron chi connectivity index (χ4n) is 2.19. The number of rotatable bonds is 4. The molecule has 108 valence electrons. The molecule has 1 heterocycles. The van der Waals surface area contributed by atoms with Crippen LogP contribution >= 0.6 is 23.4 Å². The molecule has 0 saturated heterocycles. The highest BCUT2D eigenvalue weighted by molar-refractivity contribution is 7.99. The molecule has 0 bridgehead atoms. The van der Waals surface area contributed by atoms with Gasteiger partial charge >= 0.3 is 0 Å². The summed E-state index contributed by atoms with van der Waals surface area (Å²) in [6, 6.07) is 15.5. The smallest absolute Gasteiger partial charge is 0.265 e. The van der Waals surface area contributed by atoms with Crippen molar-refractivity contribution in [3.05, 3.63) is 53.6 Å². The minimum Gasteiger partial charge on any atom is -0.482 e. The van der Waals surface area contributed by atoms with Gasteiger partial charge in [-0.3, -0.25) is 4.79 Å². The first-order chi connectivity index (χ1) is 10.2. The zero-order valence-corrected chi connectivity index (χ0v) is 12.9. The first-order valence-corrected chi connectivity index (χ1v) is 8.01. The Kier molecular flexibility index (Phi) is 4.36. The van der Waals surface area contributed by atoms with E-state index in [4.69, 9.17) is 16.3 Å². The predicted octanol–water partition coefficient (Wildman–Crippen LogP) is 3.86. The minimum atomic E-state index is -0.0292. The lowest BCUT2D eigenvalue weighted by atomic mass is 10.2. The van der Waals surface area contributed by atoms with Crippen LogP contribution in [0.25, 0.3) is 0 Å². The fourth-order valence-corrected chi connectivity index (χ4v) is 3.22. The van der Waals surface area contributed by atoms with E-state index < -0.39 is 0 Å². The summed E-state index contributed by atoms with van der Waals surface area (Å²) in [5.41, 5.74) is 0.757. The van der Waals surface area contributed by atoms with E-state index in [0.29, 0.717) is 17.3 Å². The number of fused-ring (bicyclic) bond motifs is 1. The molecule has 0 aromatic heterocycles. The minimum absolute atomic E-state index is 0.0292. The number of carbonyl (C=O) groups is 1. The molecule has 0 unspecified atom stereocenters. The van der Waals surface area contributed by atoms with Crippen LogP contribution in [0, 0.1) is 0 Å². The molecule has 0 radical (unpaired) electrons. The van der Waals surface area contributed by atoms with Crippen molar-refractivity contribution in [3.63, 3.8) is 0 Å². The largest absolute Gasteiger partial charge is 0.482 e. The van der Waals surface area contributed by atoms with Crippen LogP contribution in [0.1, 0.15) is 0 Å². The summed E-state index contributed by atoms with van der Waals surface area (Å²) < 4.78 is 5.43. The Morgan fingerprint density at radius 2 is 2.00 bits per heavy atom. The number of anilines is 1. The number of halogens is 1. The number of benzene rings is 2. The van der Waals surface area contributed by atoms with E-state index in [1.54, 1.807) is 34.9 Å². The highest BCUT2D eigenvalue weighted by Gasteiger charge is 2.25. The lowest BCUT2D eigenvalue weighted by Gasteiger charge is -2.29. The first-order valence-electron chi connectivity index (χ1n) is 6.64. The summed E-state index contributed by atoms with van der Waals surface area (Å²) in [4.78, 5) is 15.0. The molecule has 3 nitrogen and oxygen atoms in total. The lowest BCUT2D eigenvalue weighted by Crippen LogP contribution is -2.40. The number of hydrogen-bond acceptors (Lipinski definition) is 3. The standard InChI is InChI=1S/C16H14ClNO2S/c17-12-6-7-15-14(10-12)18(16(19)11-20-15)8-9-21-13-4-2-1-3-5-13/h1-7,10H,8-9,11H2. The van der Waals surface area contributed by atoms with Crippen LogP contribution in [0.2, 0.25) is 5.02 Å². The van der Waals surface area contributed by atoms with E-state index in [2.05, 4.69) is 12.1 Å². The summed E-state index contributed by atoms with van der Waals surface area (Å²) >= 11 is 7.75. The molecular formula is C16H14ClNO2S. The van der Waals surface area contributed by atoms with Crippen LogP contribution in [-0.4, -0.2) is 24.8 Å². The van der Waals surface area contributed by atoms with Crippen molar-refractivity contribution < 1.29 is 9.53 Å². The van der Waals surface area contributed by atoms with E-state index in [9.17, 15) is 4.79 Å². The second-order valence-corrected chi connectivity index (χ2v) is 6.21. The molecule has 0 spiro atoms. The Hall–Kier alpha value is -1.65. The van der Waals surface area contributed by atoms with Gasteiger partial charge in [-0.25, -0.2) is 0 Å². The molecule has 0 saturated carbocycles. The van der Waals surface area contributed by atoms with Gasteiger partial charge in [0, 0.05) is 22.2 Å². The summed E-state index contributed by atoms with van der Waals surface area (Å²) in [5.74, 6) is 1.50. The number of carbonyl (C=O) groups excluding carboxylic acids is 1. The Balaban J connectivity index is 1.70. The van der Waals surface area contributed by atoms with Gasteiger partial charge in [-0.05, 0) is 30.3 Å². The third-order valence-electron chi connectivity index (χ3n) is 3.19. The Labute approximate surface area is 132 Å². The van der Waals surface area contributed by atoms with Crippen LogP contribution in [0.4, 0.5) is 5.69 Å². The second-order valence-electron chi connectivity index (χ2n) is 4.61. The van der Waals surface area contributed by atoms with Gasteiger partial charge in [-0.2, -0.15) is 0 Å². The molecule has 1 aliphatic rings. The molecule has 1 aliphatic heterocycles. The maximum Gasteiger partial charge on any atom is 0.265 e. The number of thioether (sulfide) groups is 1. The Bertz CT molecular complexity index is 648. The molecular weight excluding hydrogens is 306 g/mol. The van der Waals surface area contributed by atoms with Crippen molar-refractivity contribution in [1.82, 2.24) is 0 Å². The second kappa shape index (κ2) is 6.41. The number of amides is 1. The number of nitrogens with zero attached hydrogens (tertiary/aromatic N) is 1. The topological polar surface area (TPSA) is 29.5 Å². The highest BCUT2D eigenvalue weighted by atomic mass is 35.5. The molecule has 21 heavy (non-hydrogen) atoms. The van der Waals surface area contributed by atoms with Gasteiger partial charge in [-0.1, -0.05) is 29.8 Å². The summed E-state index contributed by atoms with van der Waals surface area (Å²) in [7, 11) is 0. The number of hydrogen-bond donors (Lipinski definition) is 0. The average Bonchev–Trinajstić information content (AvgIpc) is 2.50. The number of ether oxygens (including phenoxy) is 1. The van der Waals surface area contributed by atoms with Crippen LogP contribution < -0.4 is 9.64 Å². The molecule has 5 heteroatoms. The Morgan fingerprint density at radius 3 is 2.81 bits per heavy atom. The highest BCUT2D eigenvalue weighted by Crippen LogP contribution is 2.34. The van der Waals surface area contributed by atoms with Gasteiger partial charge in [0.2, 0.25) is 0 Å². The van der Waals surface area contributed by atoms with E-state index in [1.165, 1.54) is 4.90 Å². The van der Waals surface area contributed by atoms with Gasteiger partial charge in [-0.15, -0.1) is 11.8 Å². The summed E-state index contributed by atoms with van der Waals surface area (Å²) in [6.07, 6.45) is 0. The third kappa shape index (κ3) is 3.34. The van der Waals surface area contributed by atoms with Crippen molar-refractivity contribution in [2.24, 2.45) is 0 Å². The van der Waals surface area contributed by atoms with Gasteiger partial charge in [0.25, 0.3) is 5.91 Å². The summed E-state index contributed by atoms with van der Waals surface area (Å²) in [6.45, 7) is 0.722.